The summed E-state index contributed by atoms with van der Waals surface area (Å²) in [6, 6.07) is 65.6. The van der Waals surface area contributed by atoms with Crippen molar-refractivity contribution in [3.63, 3.8) is 0 Å². The summed E-state index contributed by atoms with van der Waals surface area (Å²) in [6.45, 7) is 13.8. The molecule has 0 spiro atoms. The number of hydrogen-bond donors (Lipinski definition) is 0. The number of benzene rings is 9. The van der Waals surface area contributed by atoms with Crippen molar-refractivity contribution < 1.29 is 8.83 Å². The lowest BCUT2D eigenvalue weighted by atomic mass is 9.82. The molecule has 4 heteroatoms. The minimum Gasteiger partial charge on any atom is -0.454 e. The lowest BCUT2D eigenvalue weighted by Gasteiger charge is -2.34. The molecule has 0 saturated heterocycles. The van der Waals surface area contributed by atoms with E-state index in [4.69, 9.17) is 8.83 Å². The van der Waals surface area contributed by atoms with Gasteiger partial charge in [0.2, 0.25) is 0 Å². The highest BCUT2D eigenvalue weighted by Gasteiger charge is 2.30. The molecule has 0 fully saturated rings. The van der Waals surface area contributed by atoms with Gasteiger partial charge in [0.05, 0.1) is 22.7 Å². The molecule has 4 nitrogen and oxygen atoms in total. The predicted molar refractivity (Wildman–Crippen MR) is 263 cm³/mol. The molecule has 0 amide bonds. The molecule has 0 N–H and O–H groups in total. The van der Waals surface area contributed by atoms with Crippen LogP contribution in [-0.2, 0) is 10.8 Å². The Bertz CT molecular complexity index is 3260. The van der Waals surface area contributed by atoms with Crippen molar-refractivity contribution in [2.45, 2.75) is 52.4 Å². The van der Waals surface area contributed by atoms with E-state index in [1.807, 2.05) is 12.1 Å². The van der Waals surface area contributed by atoms with Crippen molar-refractivity contribution >= 4 is 99.5 Å². The number of nitrogens with zero attached hydrogens (tertiary/aromatic N) is 2. The summed E-state index contributed by atoms with van der Waals surface area (Å²) in [7, 11) is 0. The monoisotopic (exact) mass is 804 g/mol. The van der Waals surface area contributed by atoms with Crippen molar-refractivity contribution in [1.29, 1.82) is 0 Å². The van der Waals surface area contributed by atoms with E-state index < -0.39 is 0 Å². The zero-order valence-electron chi connectivity index (χ0n) is 36.0. The summed E-state index contributed by atoms with van der Waals surface area (Å²) in [5, 5.41) is 8.91. The zero-order valence-corrected chi connectivity index (χ0v) is 36.0. The molecule has 0 radical (unpaired) electrons. The van der Waals surface area contributed by atoms with Crippen LogP contribution >= 0.6 is 0 Å². The van der Waals surface area contributed by atoms with Crippen LogP contribution in [0.2, 0.25) is 0 Å². The van der Waals surface area contributed by atoms with Crippen LogP contribution in [0.4, 0.5) is 34.1 Å². The summed E-state index contributed by atoms with van der Waals surface area (Å²) in [5.74, 6) is 0. The molecule has 0 aliphatic heterocycles. The third-order valence-electron chi connectivity index (χ3n) is 12.5. The van der Waals surface area contributed by atoms with Gasteiger partial charge in [0.25, 0.3) is 0 Å². The first-order chi connectivity index (χ1) is 30.0. The average molecular weight is 805 g/mol. The smallest absolute Gasteiger partial charge is 0.159 e. The molecule has 0 aliphatic carbocycles. The van der Waals surface area contributed by atoms with Crippen molar-refractivity contribution in [2.24, 2.45) is 0 Å². The van der Waals surface area contributed by atoms with Crippen LogP contribution in [0.1, 0.15) is 52.7 Å². The minimum atomic E-state index is -0.119. The van der Waals surface area contributed by atoms with Gasteiger partial charge in [0.1, 0.15) is 11.2 Å². The average Bonchev–Trinajstić information content (AvgIpc) is 3.86. The normalized spacial score (nSPS) is 12.4. The molecule has 302 valence electrons. The van der Waals surface area contributed by atoms with E-state index in [0.29, 0.717) is 0 Å². The summed E-state index contributed by atoms with van der Waals surface area (Å²) < 4.78 is 13.7. The van der Waals surface area contributed by atoms with E-state index in [1.165, 1.54) is 11.1 Å². The van der Waals surface area contributed by atoms with Crippen LogP contribution in [0, 0.1) is 0 Å². The highest BCUT2D eigenvalue weighted by Crippen LogP contribution is 2.54. The number of furan rings is 2. The van der Waals surface area contributed by atoms with Crippen LogP contribution in [0.5, 0.6) is 0 Å². The van der Waals surface area contributed by atoms with Crippen molar-refractivity contribution in [2.75, 3.05) is 9.80 Å². The van der Waals surface area contributed by atoms with Crippen LogP contribution in [0.25, 0.3) is 65.4 Å². The fourth-order valence-electron chi connectivity index (χ4n) is 9.35. The summed E-state index contributed by atoms with van der Waals surface area (Å²) in [5.41, 5.74) is 12.0. The quantitative estimate of drug-likeness (QED) is 0.124. The summed E-state index contributed by atoms with van der Waals surface area (Å²) >= 11 is 0. The van der Waals surface area contributed by atoms with Gasteiger partial charge >= 0.3 is 0 Å². The Balaban J connectivity index is 1.34. The fourth-order valence-corrected chi connectivity index (χ4v) is 9.35. The van der Waals surface area contributed by atoms with Crippen LogP contribution < -0.4 is 9.80 Å². The molecule has 9 aromatic carbocycles. The van der Waals surface area contributed by atoms with Gasteiger partial charge in [-0.1, -0.05) is 163 Å². The van der Waals surface area contributed by atoms with Crippen LogP contribution in [0.15, 0.2) is 191 Å². The Morgan fingerprint density at radius 2 is 0.694 bits per heavy atom. The number of para-hydroxylation sites is 6. The van der Waals surface area contributed by atoms with Crippen LogP contribution in [-0.4, -0.2) is 0 Å². The van der Waals surface area contributed by atoms with E-state index in [-0.39, 0.29) is 10.8 Å². The Morgan fingerprint density at radius 1 is 0.323 bits per heavy atom. The van der Waals surface area contributed by atoms with Gasteiger partial charge in [-0.2, -0.15) is 0 Å². The molecule has 0 atom stereocenters. The van der Waals surface area contributed by atoms with Crippen molar-refractivity contribution in [1.82, 2.24) is 0 Å². The maximum absolute atomic E-state index is 6.86. The number of hydrogen-bond acceptors (Lipinski definition) is 4. The second-order valence-electron chi connectivity index (χ2n) is 18.6. The highest BCUT2D eigenvalue weighted by atomic mass is 16.3. The maximum Gasteiger partial charge on any atom is 0.159 e. The molecule has 0 bridgehead atoms. The largest absolute Gasteiger partial charge is 0.454 e. The highest BCUT2D eigenvalue weighted by molar-refractivity contribution is 6.25. The Kier molecular flexibility index (Phi) is 8.59. The lowest BCUT2D eigenvalue weighted by molar-refractivity contribution is 0.590. The third-order valence-corrected chi connectivity index (χ3v) is 12.5. The van der Waals surface area contributed by atoms with E-state index in [0.717, 1.165) is 99.5 Å². The van der Waals surface area contributed by atoms with Crippen molar-refractivity contribution in [3.8, 4) is 0 Å². The van der Waals surface area contributed by atoms with E-state index >= 15 is 0 Å². The molecular formula is C58H48N2O2. The van der Waals surface area contributed by atoms with Crippen molar-refractivity contribution in [3.05, 3.63) is 193 Å². The Hall–Kier alpha value is -7.30. The summed E-state index contributed by atoms with van der Waals surface area (Å²) in [6.07, 6.45) is 0. The number of fused-ring (bicyclic) bond motifs is 8. The second-order valence-corrected chi connectivity index (χ2v) is 18.6. The number of rotatable bonds is 6. The maximum atomic E-state index is 6.86. The molecule has 0 aliphatic rings. The van der Waals surface area contributed by atoms with Gasteiger partial charge in [0, 0.05) is 54.5 Å². The molecule has 62 heavy (non-hydrogen) atoms. The zero-order chi connectivity index (χ0) is 42.3. The lowest BCUT2D eigenvalue weighted by Crippen LogP contribution is -2.17. The molecule has 11 rings (SSSR count). The molecule has 2 heterocycles. The Morgan fingerprint density at radius 3 is 1.10 bits per heavy atom. The molecule has 2 aromatic heterocycles. The van der Waals surface area contributed by atoms with E-state index in [2.05, 4.69) is 221 Å². The van der Waals surface area contributed by atoms with Gasteiger partial charge in [-0.25, -0.2) is 0 Å². The number of anilines is 6. The van der Waals surface area contributed by atoms with Gasteiger partial charge in [0.15, 0.2) is 11.2 Å². The van der Waals surface area contributed by atoms with E-state index in [1.54, 1.807) is 0 Å². The predicted octanol–water partition coefficient (Wildman–Crippen LogP) is 17.3. The van der Waals surface area contributed by atoms with Crippen LogP contribution in [0.3, 0.4) is 0 Å². The first-order valence-electron chi connectivity index (χ1n) is 21.6. The van der Waals surface area contributed by atoms with Gasteiger partial charge < -0.3 is 18.6 Å². The Labute approximate surface area is 362 Å². The molecule has 0 unspecified atom stereocenters. The second kappa shape index (κ2) is 14.1. The summed E-state index contributed by atoms with van der Waals surface area (Å²) in [4.78, 5) is 4.88. The SMILES string of the molecule is CC(C)(C)c1ccc2c(N(c3ccccc3)c3cccc4c3oc3ccccc34)c3cc(C(C)(C)C)ccc3c(N(c3ccccc3)c3cccc4c3oc3ccccc34)c2c1. The van der Waals surface area contributed by atoms with Gasteiger partial charge in [-0.05, 0) is 82.6 Å². The topological polar surface area (TPSA) is 32.8 Å². The standard InChI is InChI=1S/C58H48N2O2/c1-57(2,3)37-31-33-43-47(35-37)53(59(39-19-9-7-10-20-39)49-27-17-25-45-41-23-13-15-29-51(41)61-55(45)49)44-34-32-38(58(4,5)6)36-48(44)54(43)60(40-21-11-8-12-22-40)50-28-18-26-46-42-24-14-16-30-52(42)62-56(46)50/h7-36H,1-6H3. The minimum absolute atomic E-state index is 0.119. The first-order valence-corrected chi connectivity index (χ1v) is 21.6. The molecule has 11 aromatic rings. The van der Waals surface area contributed by atoms with Gasteiger partial charge in [-0.15, -0.1) is 0 Å². The molecule has 0 saturated carbocycles. The van der Waals surface area contributed by atoms with E-state index in [9.17, 15) is 0 Å². The third kappa shape index (κ3) is 6.04. The van der Waals surface area contributed by atoms with Gasteiger partial charge in [-0.3, -0.25) is 0 Å². The first kappa shape index (κ1) is 37.7. The molecular weight excluding hydrogens is 757 g/mol. The fraction of sp³-hybridized carbons (Fsp3) is 0.138.